The number of nitrogens with one attached hydrogen (secondary N) is 1. The fraction of sp³-hybridized carbons (Fsp3) is 0.214. The molecule has 5 nitrogen and oxygen atoms in total. The second-order valence-corrected chi connectivity index (χ2v) is 9.10. The molecule has 2 heterocycles. The van der Waals surface area contributed by atoms with E-state index in [-0.39, 0.29) is 10.1 Å². The molecular formula is C14H16N2O3S3. The Morgan fingerprint density at radius 3 is 2.73 bits per heavy atom. The first-order valence-corrected chi connectivity index (χ1v) is 9.54. The molecule has 0 aliphatic carbocycles. The van der Waals surface area contributed by atoms with E-state index in [0.29, 0.717) is 6.54 Å². The van der Waals surface area contributed by atoms with Gasteiger partial charge in [-0.2, -0.15) is 0 Å². The summed E-state index contributed by atoms with van der Waals surface area (Å²) >= 11 is 2.71. The lowest BCUT2D eigenvalue weighted by molar-refractivity contribution is -0.116. The minimum absolute atomic E-state index is 0.209. The number of carbonyl (C=O) groups excluding carboxylic acids is 1. The molecule has 0 saturated carbocycles. The zero-order valence-electron chi connectivity index (χ0n) is 12.1. The molecule has 0 unspecified atom stereocenters. The van der Waals surface area contributed by atoms with E-state index in [0.717, 1.165) is 21.1 Å². The van der Waals surface area contributed by atoms with Gasteiger partial charge in [0.05, 0.1) is 6.54 Å². The van der Waals surface area contributed by atoms with Crippen LogP contribution in [-0.4, -0.2) is 32.7 Å². The Labute approximate surface area is 138 Å². The van der Waals surface area contributed by atoms with Crippen molar-refractivity contribution in [3.8, 4) is 0 Å². The maximum absolute atomic E-state index is 12.0. The van der Waals surface area contributed by atoms with Gasteiger partial charge in [-0.3, -0.25) is 4.79 Å². The van der Waals surface area contributed by atoms with Crippen molar-refractivity contribution in [3.63, 3.8) is 0 Å². The summed E-state index contributed by atoms with van der Waals surface area (Å²) in [5.74, 6) is -0.209. The van der Waals surface area contributed by atoms with Gasteiger partial charge < -0.3 is 5.32 Å². The molecule has 0 fully saturated rings. The molecule has 1 N–H and O–H groups in total. The molecule has 8 heteroatoms. The van der Waals surface area contributed by atoms with Crippen LogP contribution in [-0.2, 0) is 21.4 Å². The molecule has 0 saturated heterocycles. The van der Waals surface area contributed by atoms with Crippen LogP contribution in [0.2, 0.25) is 0 Å². The number of carbonyl (C=O) groups is 1. The van der Waals surface area contributed by atoms with Gasteiger partial charge in [0.1, 0.15) is 4.21 Å². The summed E-state index contributed by atoms with van der Waals surface area (Å²) in [6, 6.07) is 7.11. The summed E-state index contributed by atoms with van der Waals surface area (Å²) < 4.78 is 25.4. The third-order valence-electron chi connectivity index (χ3n) is 2.75. The third kappa shape index (κ3) is 4.26. The largest absolute Gasteiger partial charge is 0.348 e. The average Bonchev–Trinajstić information content (AvgIpc) is 3.14. The van der Waals surface area contributed by atoms with Crippen LogP contribution in [0.4, 0.5) is 0 Å². The number of nitrogens with zero attached hydrogens (tertiary/aromatic N) is 1. The van der Waals surface area contributed by atoms with Gasteiger partial charge in [-0.1, -0.05) is 6.07 Å². The molecule has 0 aromatic carbocycles. The summed E-state index contributed by atoms with van der Waals surface area (Å²) in [6.45, 7) is 0.307. The second-order valence-electron chi connectivity index (χ2n) is 4.57. The maximum Gasteiger partial charge on any atom is 0.252 e. The van der Waals surface area contributed by atoms with Gasteiger partial charge >= 0.3 is 0 Å². The fourth-order valence-electron chi connectivity index (χ4n) is 1.55. The van der Waals surface area contributed by atoms with Crippen LogP contribution in [0.1, 0.15) is 9.75 Å². The minimum atomic E-state index is -3.41. The zero-order chi connectivity index (χ0) is 16.2. The van der Waals surface area contributed by atoms with Crippen molar-refractivity contribution in [1.82, 2.24) is 9.62 Å². The number of rotatable bonds is 6. The topological polar surface area (TPSA) is 66.5 Å². The first kappa shape index (κ1) is 16.9. The minimum Gasteiger partial charge on any atom is -0.348 e. The van der Waals surface area contributed by atoms with Crippen molar-refractivity contribution in [2.24, 2.45) is 0 Å². The lowest BCUT2D eigenvalue weighted by Crippen LogP contribution is -2.21. The molecule has 0 spiro atoms. The van der Waals surface area contributed by atoms with Crippen LogP contribution in [0.25, 0.3) is 6.08 Å². The van der Waals surface area contributed by atoms with Crippen LogP contribution in [0, 0.1) is 0 Å². The lowest BCUT2D eigenvalue weighted by Gasteiger charge is -2.08. The predicted octanol–water partition coefficient (Wildman–Crippen LogP) is 2.39. The van der Waals surface area contributed by atoms with Crippen LogP contribution < -0.4 is 5.32 Å². The Balaban J connectivity index is 1.93. The molecule has 1 amide bonds. The van der Waals surface area contributed by atoms with Gasteiger partial charge in [0.15, 0.2) is 0 Å². The Morgan fingerprint density at radius 1 is 1.32 bits per heavy atom. The van der Waals surface area contributed by atoms with E-state index >= 15 is 0 Å². The van der Waals surface area contributed by atoms with E-state index in [4.69, 9.17) is 0 Å². The highest BCUT2D eigenvalue weighted by atomic mass is 32.2. The van der Waals surface area contributed by atoms with Crippen molar-refractivity contribution in [1.29, 1.82) is 0 Å². The van der Waals surface area contributed by atoms with Crippen molar-refractivity contribution in [2.75, 3.05) is 14.1 Å². The summed E-state index contributed by atoms with van der Waals surface area (Å²) in [4.78, 5) is 13.5. The average molecular weight is 356 g/mol. The zero-order valence-corrected chi connectivity index (χ0v) is 14.6. The number of hydrogen-bond donors (Lipinski definition) is 1. The predicted molar refractivity (Wildman–Crippen MR) is 90.4 cm³/mol. The Bertz CT molecular complexity index is 759. The monoisotopic (exact) mass is 356 g/mol. The van der Waals surface area contributed by atoms with Crippen LogP contribution in [0.15, 0.2) is 39.9 Å². The molecule has 0 aliphatic rings. The summed E-state index contributed by atoms with van der Waals surface area (Å²) in [5, 5.41) is 4.68. The molecular weight excluding hydrogens is 340 g/mol. The van der Waals surface area contributed by atoms with E-state index < -0.39 is 10.0 Å². The van der Waals surface area contributed by atoms with E-state index in [1.165, 1.54) is 24.5 Å². The standard InChI is InChI=1S/C14H16N2O3S3/c1-16(2)22(18,19)14-8-6-12(21-14)10-15-13(17)7-5-11-4-3-9-20-11/h3-9H,10H2,1-2H3,(H,15,17). The quantitative estimate of drug-likeness (QED) is 0.808. The fourth-order valence-corrected chi connectivity index (χ4v) is 4.63. The highest BCUT2D eigenvalue weighted by Crippen LogP contribution is 2.23. The molecule has 0 radical (unpaired) electrons. The number of amides is 1. The van der Waals surface area contributed by atoms with Gasteiger partial charge in [0.2, 0.25) is 5.91 Å². The first-order chi connectivity index (χ1) is 10.4. The van der Waals surface area contributed by atoms with Crippen molar-refractivity contribution < 1.29 is 13.2 Å². The van der Waals surface area contributed by atoms with Crippen molar-refractivity contribution >= 4 is 44.7 Å². The normalized spacial score (nSPS) is 12.1. The Morgan fingerprint density at radius 2 is 2.09 bits per heavy atom. The lowest BCUT2D eigenvalue weighted by atomic mass is 10.4. The van der Waals surface area contributed by atoms with E-state index in [1.807, 2.05) is 17.5 Å². The molecule has 2 aromatic heterocycles. The Hall–Kier alpha value is -1.48. The second kappa shape index (κ2) is 7.19. The highest BCUT2D eigenvalue weighted by molar-refractivity contribution is 7.91. The van der Waals surface area contributed by atoms with E-state index in [2.05, 4.69) is 5.32 Å². The summed E-state index contributed by atoms with van der Waals surface area (Å²) in [6.07, 6.45) is 3.22. The smallest absolute Gasteiger partial charge is 0.252 e. The molecule has 0 bridgehead atoms. The van der Waals surface area contributed by atoms with Gasteiger partial charge in [-0.25, -0.2) is 12.7 Å². The van der Waals surface area contributed by atoms with Crippen molar-refractivity contribution in [3.05, 3.63) is 45.5 Å². The van der Waals surface area contributed by atoms with Crippen LogP contribution in [0.5, 0.6) is 0 Å². The molecule has 2 aromatic rings. The summed E-state index contributed by atoms with van der Waals surface area (Å²) in [7, 11) is -0.424. The van der Waals surface area contributed by atoms with Crippen molar-refractivity contribution in [2.45, 2.75) is 10.8 Å². The molecule has 22 heavy (non-hydrogen) atoms. The molecule has 2 rings (SSSR count). The first-order valence-electron chi connectivity index (χ1n) is 6.40. The number of sulfonamides is 1. The van der Waals surface area contributed by atoms with Gasteiger partial charge in [0.25, 0.3) is 10.0 Å². The number of hydrogen-bond acceptors (Lipinski definition) is 5. The SMILES string of the molecule is CN(C)S(=O)(=O)c1ccc(CNC(=O)C=Cc2cccs2)s1. The molecule has 118 valence electrons. The number of thiophene rings is 2. The Kier molecular flexibility index (Phi) is 5.52. The van der Waals surface area contributed by atoms with E-state index in [9.17, 15) is 13.2 Å². The van der Waals surface area contributed by atoms with Gasteiger partial charge in [-0.05, 0) is 29.7 Å². The third-order valence-corrected chi connectivity index (χ3v) is 6.96. The maximum atomic E-state index is 12.0. The molecule has 0 atom stereocenters. The highest BCUT2D eigenvalue weighted by Gasteiger charge is 2.19. The van der Waals surface area contributed by atoms with Crippen LogP contribution in [0.3, 0.4) is 0 Å². The molecule has 0 aliphatic heterocycles. The van der Waals surface area contributed by atoms with E-state index in [1.54, 1.807) is 29.5 Å². The van der Waals surface area contributed by atoms with Crippen LogP contribution >= 0.6 is 22.7 Å². The summed E-state index contributed by atoms with van der Waals surface area (Å²) in [5.41, 5.74) is 0. The van der Waals surface area contributed by atoms with Gasteiger partial charge in [-0.15, -0.1) is 22.7 Å². The van der Waals surface area contributed by atoms with Gasteiger partial charge in [0, 0.05) is 29.9 Å².